The molecule has 0 bridgehead atoms. The number of hydrogen-bond acceptors (Lipinski definition) is 4. The Morgan fingerprint density at radius 3 is 2.54 bits per heavy atom. The molecule has 1 atom stereocenters. The highest BCUT2D eigenvalue weighted by molar-refractivity contribution is 7.91. The zero-order valence-corrected chi connectivity index (χ0v) is 15.0. The van der Waals surface area contributed by atoms with Gasteiger partial charge < -0.3 is 10.6 Å². The average molecular weight is 367 g/mol. The van der Waals surface area contributed by atoms with E-state index in [1.807, 2.05) is 25.1 Å². The third-order valence-electron chi connectivity index (χ3n) is 3.43. The molecule has 0 saturated heterocycles. The van der Waals surface area contributed by atoms with Crippen molar-refractivity contribution in [3.63, 3.8) is 0 Å². The molecule has 8 heteroatoms. The Morgan fingerprint density at radius 2 is 1.92 bits per heavy atom. The number of primary sulfonamides is 1. The molecule has 24 heavy (non-hydrogen) atoms. The third kappa shape index (κ3) is 5.95. The molecular weight excluding hydrogens is 346 g/mol. The number of amides is 2. The number of benzene rings is 1. The predicted molar refractivity (Wildman–Crippen MR) is 95.3 cm³/mol. The molecule has 0 aliphatic heterocycles. The fourth-order valence-electron chi connectivity index (χ4n) is 2.15. The van der Waals surface area contributed by atoms with E-state index in [-0.39, 0.29) is 22.8 Å². The Balaban J connectivity index is 1.73. The number of hydrogen-bond donors (Lipinski definition) is 3. The van der Waals surface area contributed by atoms with Gasteiger partial charge in [0.05, 0.1) is 6.54 Å². The number of sulfonamides is 1. The van der Waals surface area contributed by atoms with E-state index in [4.69, 9.17) is 5.14 Å². The molecule has 0 aliphatic rings. The maximum absolute atomic E-state index is 11.9. The Hall–Kier alpha value is -1.90. The summed E-state index contributed by atoms with van der Waals surface area (Å²) in [5.41, 5.74) is 1.24. The summed E-state index contributed by atoms with van der Waals surface area (Å²) in [5, 5.41) is 10.6. The molecule has 0 spiro atoms. The van der Waals surface area contributed by atoms with Gasteiger partial charge in [0.15, 0.2) is 0 Å². The zero-order valence-electron chi connectivity index (χ0n) is 13.4. The van der Waals surface area contributed by atoms with E-state index in [2.05, 4.69) is 22.8 Å². The lowest BCUT2D eigenvalue weighted by Crippen LogP contribution is -2.40. The molecule has 6 nitrogen and oxygen atoms in total. The van der Waals surface area contributed by atoms with Crippen molar-refractivity contribution >= 4 is 27.4 Å². The van der Waals surface area contributed by atoms with Crippen molar-refractivity contribution in [1.82, 2.24) is 10.6 Å². The summed E-state index contributed by atoms with van der Waals surface area (Å²) in [6, 6.07) is 12.9. The normalized spacial score (nSPS) is 12.6. The van der Waals surface area contributed by atoms with Crippen molar-refractivity contribution in [1.29, 1.82) is 0 Å². The summed E-state index contributed by atoms with van der Waals surface area (Å²) in [6.07, 6.45) is 1.73. The van der Waals surface area contributed by atoms with Gasteiger partial charge in [0.25, 0.3) is 0 Å². The number of carbonyl (C=O) groups excluding carboxylic acids is 1. The lowest BCUT2D eigenvalue weighted by Gasteiger charge is -2.14. The van der Waals surface area contributed by atoms with Crippen LogP contribution in [-0.2, 0) is 23.0 Å². The van der Waals surface area contributed by atoms with E-state index < -0.39 is 10.0 Å². The second-order valence-electron chi connectivity index (χ2n) is 5.52. The standard InChI is InChI=1S/C16H21N3O3S2/c1-12(7-8-13-5-3-2-4-6-13)19-16(20)18-11-14-9-10-15(23-14)24(17,21)22/h2-6,9-10,12H,7-8,11H2,1H3,(H2,17,21,22)(H2,18,19,20)/t12-/m0/s1. The van der Waals surface area contributed by atoms with Crippen LogP contribution >= 0.6 is 11.3 Å². The first-order valence-corrected chi connectivity index (χ1v) is 9.90. The van der Waals surface area contributed by atoms with Gasteiger partial charge in [-0.15, -0.1) is 11.3 Å². The van der Waals surface area contributed by atoms with E-state index in [1.165, 1.54) is 11.6 Å². The smallest absolute Gasteiger partial charge is 0.315 e. The van der Waals surface area contributed by atoms with Gasteiger partial charge in [0.2, 0.25) is 10.0 Å². The first-order valence-electron chi connectivity index (χ1n) is 7.54. The quantitative estimate of drug-likeness (QED) is 0.699. The van der Waals surface area contributed by atoms with Crippen molar-refractivity contribution in [2.24, 2.45) is 5.14 Å². The van der Waals surface area contributed by atoms with Crippen molar-refractivity contribution in [3.8, 4) is 0 Å². The first-order chi connectivity index (χ1) is 11.3. The van der Waals surface area contributed by atoms with Gasteiger partial charge in [0, 0.05) is 10.9 Å². The molecular formula is C16H21N3O3S2. The van der Waals surface area contributed by atoms with Crippen LogP contribution < -0.4 is 15.8 Å². The van der Waals surface area contributed by atoms with Crippen molar-refractivity contribution in [2.45, 2.75) is 36.6 Å². The summed E-state index contributed by atoms with van der Waals surface area (Å²) in [5.74, 6) is 0. The summed E-state index contributed by atoms with van der Waals surface area (Å²) in [7, 11) is -3.68. The van der Waals surface area contributed by atoms with Gasteiger partial charge in [-0.05, 0) is 37.5 Å². The van der Waals surface area contributed by atoms with E-state index >= 15 is 0 Å². The lowest BCUT2D eigenvalue weighted by atomic mass is 10.1. The van der Waals surface area contributed by atoms with Crippen LogP contribution in [-0.4, -0.2) is 20.5 Å². The molecule has 0 aliphatic carbocycles. The molecule has 0 saturated carbocycles. The molecule has 2 aromatic rings. The minimum absolute atomic E-state index is 0.0357. The molecule has 4 N–H and O–H groups in total. The third-order valence-corrected chi connectivity index (χ3v) is 5.95. The molecule has 1 aromatic heterocycles. The monoisotopic (exact) mass is 367 g/mol. The summed E-state index contributed by atoms with van der Waals surface area (Å²) < 4.78 is 22.5. The molecule has 2 rings (SSSR count). The maximum Gasteiger partial charge on any atom is 0.315 e. The summed E-state index contributed by atoms with van der Waals surface area (Å²) in [6.45, 7) is 2.21. The van der Waals surface area contributed by atoms with Crippen LogP contribution in [0, 0.1) is 0 Å². The number of aryl methyl sites for hydroxylation is 1. The van der Waals surface area contributed by atoms with Crippen LogP contribution in [0.25, 0.3) is 0 Å². The highest BCUT2D eigenvalue weighted by Crippen LogP contribution is 2.19. The molecule has 0 radical (unpaired) electrons. The number of thiophene rings is 1. The highest BCUT2D eigenvalue weighted by atomic mass is 32.2. The average Bonchev–Trinajstić information content (AvgIpc) is 3.01. The van der Waals surface area contributed by atoms with Gasteiger partial charge >= 0.3 is 6.03 Å². The Bertz CT molecular complexity index is 773. The molecule has 1 heterocycles. The van der Waals surface area contributed by atoms with Crippen molar-refractivity contribution in [3.05, 3.63) is 52.9 Å². The van der Waals surface area contributed by atoms with Crippen LogP contribution in [0.1, 0.15) is 23.8 Å². The predicted octanol–water partition coefficient (Wildman–Crippen LogP) is 2.22. The molecule has 2 amide bonds. The number of nitrogens with two attached hydrogens (primary N) is 1. The minimum Gasteiger partial charge on any atom is -0.336 e. The minimum atomic E-state index is -3.68. The Kier molecular flexibility index (Phi) is 6.36. The summed E-state index contributed by atoms with van der Waals surface area (Å²) >= 11 is 1.05. The van der Waals surface area contributed by atoms with Gasteiger partial charge in [-0.3, -0.25) is 0 Å². The van der Waals surface area contributed by atoms with Crippen molar-refractivity contribution in [2.75, 3.05) is 0 Å². The second kappa shape index (κ2) is 8.27. The number of urea groups is 1. The van der Waals surface area contributed by atoms with E-state index in [0.29, 0.717) is 0 Å². The summed E-state index contributed by atoms with van der Waals surface area (Å²) in [4.78, 5) is 12.6. The number of rotatable bonds is 7. The van der Waals surface area contributed by atoms with Crippen LogP contribution in [0.4, 0.5) is 4.79 Å². The van der Waals surface area contributed by atoms with Gasteiger partial charge in [-0.2, -0.15) is 0 Å². The number of nitrogens with one attached hydrogen (secondary N) is 2. The molecule has 0 unspecified atom stereocenters. The van der Waals surface area contributed by atoms with Gasteiger partial charge in [0.1, 0.15) is 4.21 Å². The molecule has 1 aromatic carbocycles. The van der Waals surface area contributed by atoms with Crippen LogP contribution in [0.2, 0.25) is 0 Å². The Labute approximate surface area is 146 Å². The lowest BCUT2D eigenvalue weighted by molar-refractivity contribution is 0.237. The first kappa shape index (κ1) is 18.4. The highest BCUT2D eigenvalue weighted by Gasteiger charge is 2.12. The largest absolute Gasteiger partial charge is 0.336 e. The van der Waals surface area contributed by atoms with E-state index in [9.17, 15) is 13.2 Å². The fourth-order valence-corrected chi connectivity index (χ4v) is 3.87. The second-order valence-corrected chi connectivity index (χ2v) is 8.47. The van der Waals surface area contributed by atoms with E-state index in [0.717, 1.165) is 29.1 Å². The topological polar surface area (TPSA) is 101 Å². The van der Waals surface area contributed by atoms with Gasteiger partial charge in [-0.1, -0.05) is 30.3 Å². The van der Waals surface area contributed by atoms with Gasteiger partial charge in [-0.25, -0.2) is 18.4 Å². The van der Waals surface area contributed by atoms with Crippen molar-refractivity contribution < 1.29 is 13.2 Å². The number of carbonyl (C=O) groups is 1. The SMILES string of the molecule is C[C@@H](CCc1ccccc1)NC(=O)NCc1ccc(S(N)(=O)=O)s1. The van der Waals surface area contributed by atoms with Crippen LogP contribution in [0.15, 0.2) is 46.7 Å². The molecule has 0 fully saturated rings. The van der Waals surface area contributed by atoms with Crippen LogP contribution in [0.5, 0.6) is 0 Å². The van der Waals surface area contributed by atoms with E-state index in [1.54, 1.807) is 6.07 Å². The molecule has 130 valence electrons. The van der Waals surface area contributed by atoms with Crippen LogP contribution in [0.3, 0.4) is 0 Å². The fraction of sp³-hybridized carbons (Fsp3) is 0.312. The zero-order chi connectivity index (χ0) is 17.6. The Morgan fingerprint density at radius 1 is 1.21 bits per heavy atom. The maximum atomic E-state index is 11.9.